The fourth-order valence-corrected chi connectivity index (χ4v) is 2.34. The summed E-state index contributed by atoms with van der Waals surface area (Å²) < 4.78 is 5.32. The van der Waals surface area contributed by atoms with Crippen LogP contribution in [0.5, 0.6) is 0 Å². The van der Waals surface area contributed by atoms with Gasteiger partial charge in [0.2, 0.25) is 0 Å². The van der Waals surface area contributed by atoms with Crippen LogP contribution in [0.1, 0.15) is 23.2 Å². The zero-order chi connectivity index (χ0) is 13.0. The van der Waals surface area contributed by atoms with Crippen LogP contribution in [0.3, 0.4) is 0 Å². The lowest BCUT2D eigenvalue weighted by molar-refractivity contribution is 0.0497. The maximum absolute atomic E-state index is 12.2. The Morgan fingerprint density at radius 1 is 1.33 bits per heavy atom. The summed E-state index contributed by atoms with van der Waals surface area (Å²) in [4.78, 5) is 14.0. The van der Waals surface area contributed by atoms with E-state index in [9.17, 15) is 4.79 Å². The number of rotatable bonds is 3. The van der Waals surface area contributed by atoms with Crippen molar-refractivity contribution in [3.8, 4) is 0 Å². The first-order valence-corrected chi connectivity index (χ1v) is 6.63. The summed E-state index contributed by atoms with van der Waals surface area (Å²) in [5.74, 6) is 0.609. The van der Waals surface area contributed by atoms with Gasteiger partial charge in [-0.1, -0.05) is 11.6 Å². The van der Waals surface area contributed by atoms with Gasteiger partial charge < -0.3 is 9.64 Å². The fraction of sp³-hybridized carbons (Fsp3) is 0.500. The number of carbonyl (C=O) groups is 1. The summed E-state index contributed by atoms with van der Waals surface area (Å²) in [6.45, 7) is 2.42. The van der Waals surface area contributed by atoms with E-state index in [0.29, 0.717) is 16.5 Å². The molecule has 1 aromatic carbocycles. The third-order valence-electron chi connectivity index (χ3n) is 3.31. The first-order valence-electron chi connectivity index (χ1n) is 6.25. The number of hydrogen-bond donors (Lipinski definition) is 0. The van der Waals surface area contributed by atoms with E-state index in [1.165, 1.54) is 0 Å². The summed E-state index contributed by atoms with van der Waals surface area (Å²) in [6, 6.07) is 7.03. The molecule has 1 aliphatic heterocycles. The molecule has 0 N–H and O–H groups in total. The van der Waals surface area contributed by atoms with Crippen LogP contribution in [-0.4, -0.2) is 37.6 Å². The molecule has 2 rings (SSSR count). The Morgan fingerprint density at radius 2 is 1.94 bits per heavy atom. The summed E-state index contributed by atoms with van der Waals surface area (Å²) in [7, 11) is 1.85. The van der Waals surface area contributed by atoms with Gasteiger partial charge >= 0.3 is 0 Å². The average molecular weight is 268 g/mol. The molecule has 1 saturated heterocycles. The Bertz CT molecular complexity index is 399. The molecule has 4 heteroatoms. The van der Waals surface area contributed by atoms with Gasteiger partial charge in [0.15, 0.2) is 0 Å². The minimum atomic E-state index is 0.0539. The first-order chi connectivity index (χ1) is 8.66. The SMILES string of the molecule is CN(CC1CCOCC1)C(=O)c1ccc(Cl)cc1. The third-order valence-corrected chi connectivity index (χ3v) is 3.56. The molecule has 1 amide bonds. The molecule has 0 spiro atoms. The van der Waals surface area contributed by atoms with Crippen LogP contribution in [0, 0.1) is 5.92 Å². The van der Waals surface area contributed by atoms with Crippen LogP contribution in [0.4, 0.5) is 0 Å². The van der Waals surface area contributed by atoms with E-state index in [1.807, 2.05) is 7.05 Å². The molecule has 0 saturated carbocycles. The maximum Gasteiger partial charge on any atom is 0.253 e. The number of ether oxygens (including phenoxy) is 1. The molecule has 1 aliphatic rings. The highest BCUT2D eigenvalue weighted by molar-refractivity contribution is 6.30. The summed E-state index contributed by atoms with van der Waals surface area (Å²) in [6.07, 6.45) is 2.08. The standard InChI is InChI=1S/C14H18ClNO2/c1-16(10-11-6-8-18-9-7-11)14(17)12-2-4-13(15)5-3-12/h2-5,11H,6-10H2,1H3. The highest BCUT2D eigenvalue weighted by Crippen LogP contribution is 2.17. The van der Waals surface area contributed by atoms with Crippen molar-refractivity contribution in [3.63, 3.8) is 0 Å². The fourth-order valence-electron chi connectivity index (χ4n) is 2.21. The molecule has 0 radical (unpaired) electrons. The predicted molar refractivity (Wildman–Crippen MR) is 72.0 cm³/mol. The van der Waals surface area contributed by atoms with Gasteiger partial charge in [-0.15, -0.1) is 0 Å². The molecule has 1 fully saturated rings. The smallest absolute Gasteiger partial charge is 0.253 e. The summed E-state index contributed by atoms with van der Waals surface area (Å²) in [5.41, 5.74) is 0.689. The van der Waals surface area contributed by atoms with Gasteiger partial charge in [-0.25, -0.2) is 0 Å². The highest BCUT2D eigenvalue weighted by Gasteiger charge is 2.19. The van der Waals surface area contributed by atoms with Gasteiger partial charge in [-0.05, 0) is 43.0 Å². The van der Waals surface area contributed by atoms with Crippen molar-refractivity contribution in [2.75, 3.05) is 26.8 Å². The molecule has 1 heterocycles. The monoisotopic (exact) mass is 267 g/mol. The predicted octanol–water partition coefficient (Wildman–Crippen LogP) is 2.84. The van der Waals surface area contributed by atoms with Crippen LogP contribution in [0.2, 0.25) is 5.02 Å². The van der Waals surface area contributed by atoms with Gasteiger partial charge in [-0.3, -0.25) is 4.79 Å². The second-order valence-electron chi connectivity index (χ2n) is 4.75. The van der Waals surface area contributed by atoms with Crippen molar-refractivity contribution in [1.29, 1.82) is 0 Å². The summed E-state index contributed by atoms with van der Waals surface area (Å²) in [5, 5.41) is 0.652. The maximum atomic E-state index is 12.2. The van der Waals surface area contributed by atoms with Crippen molar-refractivity contribution < 1.29 is 9.53 Å². The van der Waals surface area contributed by atoms with Gasteiger partial charge in [-0.2, -0.15) is 0 Å². The molecule has 0 bridgehead atoms. The second-order valence-corrected chi connectivity index (χ2v) is 5.18. The molecular formula is C14H18ClNO2. The highest BCUT2D eigenvalue weighted by atomic mass is 35.5. The number of hydrogen-bond acceptors (Lipinski definition) is 2. The molecular weight excluding hydrogens is 250 g/mol. The molecule has 0 unspecified atom stereocenters. The first kappa shape index (κ1) is 13.4. The molecule has 3 nitrogen and oxygen atoms in total. The van der Waals surface area contributed by atoms with Crippen molar-refractivity contribution in [2.45, 2.75) is 12.8 Å². The number of halogens is 1. The van der Waals surface area contributed by atoms with E-state index in [0.717, 1.165) is 32.6 Å². The molecule has 0 aliphatic carbocycles. The Balaban J connectivity index is 1.93. The molecule has 0 atom stereocenters. The van der Waals surface area contributed by atoms with E-state index in [2.05, 4.69) is 0 Å². The zero-order valence-electron chi connectivity index (χ0n) is 10.6. The number of nitrogens with zero attached hydrogens (tertiary/aromatic N) is 1. The Labute approximate surface area is 113 Å². The van der Waals surface area contributed by atoms with E-state index in [4.69, 9.17) is 16.3 Å². The van der Waals surface area contributed by atoms with Crippen molar-refractivity contribution in [2.24, 2.45) is 5.92 Å². The van der Waals surface area contributed by atoms with E-state index in [-0.39, 0.29) is 5.91 Å². The Morgan fingerprint density at radius 3 is 2.56 bits per heavy atom. The topological polar surface area (TPSA) is 29.5 Å². The van der Waals surface area contributed by atoms with Gasteiger partial charge in [0.05, 0.1) is 0 Å². The number of carbonyl (C=O) groups excluding carboxylic acids is 1. The number of benzene rings is 1. The van der Waals surface area contributed by atoms with Crippen LogP contribution in [0.25, 0.3) is 0 Å². The van der Waals surface area contributed by atoms with Gasteiger partial charge in [0, 0.05) is 37.4 Å². The molecule has 98 valence electrons. The minimum Gasteiger partial charge on any atom is -0.381 e. The molecule has 1 aromatic rings. The number of amides is 1. The Hall–Kier alpha value is -1.06. The van der Waals surface area contributed by atoms with Crippen LogP contribution in [-0.2, 0) is 4.74 Å². The normalized spacial score (nSPS) is 16.6. The zero-order valence-corrected chi connectivity index (χ0v) is 11.3. The van der Waals surface area contributed by atoms with Crippen molar-refractivity contribution in [1.82, 2.24) is 4.90 Å². The van der Waals surface area contributed by atoms with Gasteiger partial charge in [0.25, 0.3) is 5.91 Å². The Kier molecular flexibility index (Phi) is 4.61. The lowest BCUT2D eigenvalue weighted by Crippen LogP contribution is -2.34. The van der Waals surface area contributed by atoms with E-state index in [1.54, 1.807) is 29.2 Å². The lowest BCUT2D eigenvalue weighted by Gasteiger charge is -2.27. The largest absolute Gasteiger partial charge is 0.381 e. The van der Waals surface area contributed by atoms with Crippen molar-refractivity contribution in [3.05, 3.63) is 34.9 Å². The van der Waals surface area contributed by atoms with Gasteiger partial charge in [0.1, 0.15) is 0 Å². The molecule has 18 heavy (non-hydrogen) atoms. The average Bonchev–Trinajstić information content (AvgIpc) is 2.40. The molecule has 0 aromatic heterocycles. The van der Waals surface area contributed by atoms with Crippen LogP contribution >= 0.6 is 11.6 Å². The third kappa shape index (κ3) is 3.47. The van der Waals surface area contributed by atoms with Crippen LogP contribution in [0.15, 0.2) is 24.3 Å². The lowest BCUT2D eigenvalue weighted by atomic mass is 9.99. The van der Waals surface area contributed by atoms with Crippen molar-refractivity contribution >= 4 is 17.5 Å². The quantitative estimate of drug-likeness (QED) is 0.843. The summed E-state index contributed by atoms with van der Waals surface area (Å²) >= 11 is 5.81. The van der Waals surface area contributed by atoms with E-state index < -0.39 is 0 Å². The second kappa shape index (κ2) is 6.21. The van der Waals surface area contributed by atoms with Crippen LogP contribution < -0.4 is 0 Å². The minimum absolute atomic E-state index is 0.0539. The van der Waals surface area contributed by atoms with E-state index >= 15 is 0 Å².